The van der Waals surface area contributed by atoms with E-state index >= 15 is 0 Å². The van der Waals surface area contributed by atoms with Crippen LogP contribution in [0.15, 0.2) is 340 Å². The molecule has 10 nitrogen and oxygen atoms in total. The lowest BCUT2D eigenvalue weighted by atomic mass is 9.97. The Morgan fingerprint density at radius 3 is 1.08 bits per heavy atom. The van der Waals surface area contributed by atoms with Crippen LogP contribution in [0.2, 0.25) is 0 Å². The number of hydrogen-bond donors (Lipinski definition) is 0. The van der Waals surface area contributed by atoms with Crippen molar-refractivity contribution < 1.29 is 0 Å². The van der Waals surface area contributed by atoms with Gasteiger partial charge in [0.25, 0.3) is 0 Å². The van der Waals surface area contributed by atoms with Crippen LogP contribution in [0.25, 0.3) is 179 Å². The number of pyridine rings is 6. The smallest absolute Gasteiger partial charge is 0.160 e. The van der Waals surface area contributed by atoms with Crippen LogP contribution in [0.4, 0.5) is 0 Å². The van der Waals surface area contributed by atoms with Crippen LogP contribution in [0.3, 0.4) is 0 Å². The van der Waals surface area contributed by atoms with Gasteiger partial charge in [-0.25, -0.2) is 29.9 Å². The topological polar surface area (TPSA) is 129 Å². The van der Waals surface area contributed by atoms with Crippen molar-refractivity contribution >= 4 is 43.6 Å². The van der Waals surface area contributed by atoms with Crippen LogP contribution >= 0.6 is 0 Å². The zero-order chi connectivity index (χ0) is 68.3. The summed E-state index contributed by atoms with van der Waals surface area (Å²) >= 11 is 0. The standard InChI is InChI=1S/2C46H31N5/c1-30-25-40(31-11-4-2-5-12-31)39-22-20-33-21-23-41(49-44(33)45(39)48-30)36-17-8-15-34(26-36)35-16-9-18-37(27-35)46-50-42(32-13-6-3-7-14-32)28-43(51-46)38-19-10-24-47-29-38;1-30-26-39(31-12-4-2-5-13-31)38-23-21-32-22-24-40(49-44(32)45(38)48-30)36-18-10-16-34(27-36)35-17-11-19-37(28-35)42-29-43(41-20-8-9-25-47-41)51-46(50-42)33-14-6-3-7-15-33/h2*2-29H,1H3. The first kappa shape index (κ1) is 61.9. The third kappa shape index (κ3) is 12.7. The fraction of sp³-hybridized carbons (Fsp3) is 0.0217. The molecule has 0 bridgehead atoms. The van der Waals surface area contributed by atoms with Gasteiger partial charge in [0, 0.05) is 90.5 Å². The van der Waals surface area contributed by atoms with Crippen molar-refractivity contribution in [1.29, 1.82) is 0 Å². The molecule has 0 saturated carbocycles. The molecule has 0 aliphatic heterocycles. The summed E-state index contributed by atoms with van der Waals surface area (Å²) in [5.41, 5.74) is 27.5. The molecule has 8 heterocycles. The highest BCUT2D eigenvalue weighted by Crippen LogP contribution is 2.39. The van der Waals surface area contributed by atoms with Crippen molar-refractivity contribution in [3.63, 3.8) is 0 Å². The van der Waals surface area contributed by atoms with Gasteiger partial charge in [0.2, 0.25) is 0 Å². The number of fused-ring (bicyclic) bond motifs is 6. The largest absolute Gasteiger partial charge is 0.264 e. The molecule has 480 valence electrons. The van der Waals surface area contributed by atoms with E-state index in [4.69, 9.17) is 39.9 Å². The van der Waals surface area contributed by atoms with Crippen LogP contribution in [0, 0.1) is 13.8 Å². The number of aryl methyl sites for hydroxylation is 2. The molecule has 0 fully saturated rings. The lowest BCUT2D eigenvalue weighted by molar-refractivity contribution is 1.16. The van der Waals surface area contributed by atoms with Crippen molar-refractivity contribution in [2.24, 2.45) is 0 Å². The molecule has 0 amide bonds. The Hall–Kier alpha value is -13.7. The van der Waals surface area contributed by atoms with Crippen LogP contribution in [-0.2, 0) is 0 Å². The Balaban J connectivity index is 0.000000152. The first-order valence-electron chi connectivity index (χ1n) is 34.0. The SMILES string of the molecule is Cc1cc(-c2ccccc2)c2ccc3ccc(-c4cccc(-c5cccc(-c6cc(-c7ccccn7)nc(-c7ccccc7)n6)c5)c4)nc3c2n1.Cc1cc(-c2ccccc2)c2ccc3ccc(-c4cccc(-c5cccc(-c6nc(-c7ccccc7)cc(-c7cccnc7)n6)c5)c4)nc3c2n1. The lowest BCUT2D eigenvalue weighted by Gasteiger charge is -2.12. The zero-order valence-corrected chi connectivity index (χ0v) is 55.8. The van der Waals surface area contributed by atoms with Crippen molar-refractivity contribution in [1.82, 2.24) is 49.8 Å². The van der Waals surface area contributed by atoms with E-state index in [9.17, 15) is 0 Å². The van der Waals surface area contributed by atoms with Crippen molar-refractivity contribution in [3.8, 4) is 135 Å². The van der Waals surface area contributed by atoms with Crippen LogP contribution in [0.5, 0.6) is 0 Å². The van der Waals surface area contributed by atoms with E-state index in [0.29, 0.717) is 11.6 Å². The normalized spacial score (nSPS) is 11.2. The van der Waals surface area contributed by atoms with Gasteiger partial charge >= 0.3 is 0 Å². The van der Waals surface area contributed by atoms with Gasteiger partial charge in [-0.1, -0.05) is 237 Å². The molecule has 0 radical (unpaired) electrons. The summed E-state index contributed by atoms with van der Waals surface area (Å²) in [6.45, 7) is 4.10. The quantitative estimate of drug-likeness (QED) is 0.109. The molecule has 18 rings (SSSR count). The van der Waals surface area contributed by atoms with Crippen LogP contribution in [0.1, 0.15) is 11.4 Å². The van der Waals surface area contributed by atoms with Gasteiger partial charge in [0.15, 0.2) is 11.6 Å². The predicted octanol–water partition coefficient (Wildman–Crippen LogP) is 22.6. The number of rotatable bonds is 12. The molecule has 0 N–H and O–H groups in total. The minimum Gasteiger partial charge on any atom is -0.264 e. The molecular weight excluding hydrogens is 1250 g/mol. The van der Waals surface area contributed by atoms with Crippen molar-refractivity contribution in [2.75, 3.05) is 0 Å². The molecular formula is C92H62N10. The molecule has 18 aromatic rings. The number of benzene rings is 10. The van der Waals surface area contributed by atoms with E-state index in [1.807, 2.05) is 109 Å². The second-order valence-corrected chi connectivity index (χ2v) is 25.3. The fourth-order valence-corrected chi connectivity index (χ4v) is 13.4. The number of aromatic nitrogens is 10. The van der Waals surface area contributed by atoms with Crippen LogP contribution in [-0.4, -0.2) is 49.8 Å². The first-order valence-corrected chi connectivity index (χ1v) is 34.0. The fourth-order valence-electron chi connectivity index (χ4n) is 13.4. The summed E-state index contributed by atoms with van der Waals surface area (Å²) in [5.74, 6) is 1.32. The van der Waals surface area contributed by atoms with Gasteiger partial charge in [-0.2, -0.15) is 0 Å². The monoisotopic (exact) mass is 1310 g/mol. The first-order chi connectivity index (χ1) is 50.3. The Bertz CT molecular complexity index is 5650. The van der Waals surface area contributed by atoms with Gasteiger partial charge in [0.05, 0.1) is 61.9 Å². The molecule has 0 unspecified atom stereocenters. The van der Waals surface area contributed by atoms with Gasteiger partial charge in [0.1, 0.15) is 0 Å². The van der Waals surface area contributed by atoms with Crippen molar-refractivity contribution in [2.45, 2.75) is 13.8 Å². The zero-order valence-electron chi connectivity index (χ0n) is 55.8. The van der Waals surface area contributed by atoms with Crippen LogP contribution < -0.4 is 0 Å². The second-order valence-electron chi connectivity index (χ2n) is 25.3. The summed E-state index contributed by atoms with van der Waals surface area (Å²) in [4.78, 5) is 49.4. The maximum Gasteiger partial charge on any atom is 0.160 e. The minimum absolute atomic E-state index is 0.661. The molecule has 0 saturated heterocycles. The molecule has 102 heavy (non-hydrogen) atoms. The van der Waals surface area contributed by atoms with E-state index < -0.39 is 0 Å². The molecule has 0 aliphatic carbocycles. The summed E-state index contributed by atoms with van der Waals surface area (Å²) in [6, 6.07) is 111. The average Bonchev–Trinajstić information content (AvgIpc) is 0.763. The summed E-state index contributed by atoms with van der Waals surface area (Å²) in [6.07, 6.45) is 5.40. The molecule has 0 aliphatic rings. The third-order valence-electron chi connectivity index (χ3n) is 18.4. The second kappa shape index (κ2) is 27.3. The van der Waals surface area contributed by atoms with Gasteiger partial charge in [-0.3, -0.25) is 19.9 Å². The third-order valence-corrected chi connectivity index (χ3v) is 18.4. The number of hydrogen-bond acceptors (Lipinski definition) is 10. The van der Waals surface area contributed by atoms with Gasteiger partial charge in [-0.15, -0.1) is 0 Å². The van der Waals surface area contributed by atoms with E-state index in [2.05, 4.69) is 242 Å². The van der Waals surface area contributed by atoms with Gasteiger partial charge in [-0.05, 0) is 143 Å². The summed E-state index contributed by atoms with van der Waals surface area (Å²) < 4.78 is 0. The molecule has 0 atom stereocenters. The highest BCUT2D eigenvalue weighted by Gasteiger charge is 2.18. The maximum atomic E-state index is 5.24. The maximum absolute atomic E-state index is 5.24. The molecule has 10 heteroatoms. The highest BCUT2D eigenvalue weighted by atomic mass is 14.9. The number of nitrogens with zero attached hydrogens (tertiary/aromatic N) is 10. The average molecular weight is 1310 g/mol. The van der Waals surface area contributed by atoms with E-state index in [-0.39, 0.29) is 0 Å². The van der Waals surface area contributed by atoms with Crippen molar-refractivity contribution in [3.05, 3.63) is 351 Å². The predicted molar refractivity (Wildman–Crippen MR) is 416 cm³/mol. The highest BCUT2D eigenvalue weighted by molar-refractivity contribution is 6.10. The Labute approximate surface area is 590 Å². The summed E-state index contributed by atoms with van der Waals surface area (Å²) in [5, 5.41) is 4.33. The summed E-state index contributed by atoms with van der Waals surface area (Å²) in [7, 11) is 0. The Morgan fingerprint density at radius 1 is 0.206 bits per heavy atom. The molecule has 10 aromatic carbocycles. The van der Waals surface area contributed by atoms with E-state index in [1.165, 1.54) is 22.3 Å². The van der Waals surface area contributed by atoms with E-state index in [0.717, 1.165) is 156 Å². The minimum atomic E-state index is 0.661. The molecule has 8 aromatic heterocycles. The van der Waals surface area contributed by atoms with Gasteiger partial charge < -0.3 is 0 Å². The Morgan fingerprint density at radius 2 is 0.588 bits per heavy atom. The molecule has 0 spiro atoms. The van der Waals surface area contributed by atoms with E-state index in [1.54, 1.807) is 12.4 Å². The Kier molecular flexibility index (Phi) is 16.6. The lowest BCUT2D eigenvalue weighted by Crippen LogP contribution is -1.97.